The van der Waals surface area contributed by atoms with E-state index >= 15 is 0 Å². The second-order valence-electron chi connectivity index (χ2n) is 3.59. The molecule has 1 aromatic rings. The molecular formula is C9H12N6O4. The zero-order chi connectivity index (χ0) is 14.0. The van der Waals surface area contributed by atoms with Gasteiger partial charge in [-0.05, 0) is 6.92 Å². The molecule has 10 heteroatoms. The van der Waals surface area contributed by atoms with Gasteiger partial charge in [0.1, 0.15) is 12.9 Å². The molecular weight excluding hydrogens is 256 g/mol. The summed E-state index contributed by atoms with van der Waals surface area (Å²) in [6, 6.07) is -0.582. The number of hydrazine groups is 2. The molecule has 10 nitrogen and oxygen atoms in total. The highest BCUT2D eigenvalue weighted by atomic mass is 16.5. The van der Waals surface area contributed by atoms with Crippen molar-refractivity contribution < 1.29 is 19.1 Å². The maximum atomic E-state index is 12.0. The number of ether oxygens (including phenoxy) is 1. The monoisotopic (exact) mass is 268 g/mol. The van der Waals surface area contributed by atoms with Crippen molar-refractivity contribution in [3.8, 4) is 0 Å². The Bertz CT molecular complexity index is 539. The van der Waals surface area contributed by atoms with Crippen molar-refractivity contribution in [3.63, 3.8) is 0 Å². The van der Waals surface area contributed by atoms with E-state index in [1.54, 1.807) is 6.92 Å². The van der Waals surface area contributed by atoms with Crippen LogP contribution in [0.25, 0.3) is 0 Å². The number of rotatable bonds is 4. The van der Waals surface area contributed by atoms with Crippen LogP contribution >= 0.6 is 0 Å². The number of carbonyl (C=O) groups excluding carboxylic acids is 3. The van der Waals surface area contributed by atoms with Gasteiger partial charge < -0.3 is 10.5 Å². The van der Waals surface area contributed by atoms with Gasteiger partial charge in [0.25, 0.3) is 5.91 Å². The molecule has 19 heavy (non-hydrogen) atoms. The first-order valence-corrected chi connectivity index (χ1v) is 5.41. The fourth-order valence-corrected chi connectivity index (χ4v) is 1.53. The molecule has 0 atom stereocenters. The lowest BCUT2D eigenvalue weighted by atomic mass is 10.4. The predicted octanol–water partition coefficient (Wildman–Crippen LogP) is -1.34. The Hall–Kier alpha value is -2.62. The standard InChI is InChI=1S/C9H12N6O4/c1-2-19-5(16)3-15-9(18)14-4-11-6(7(10)17)8(14)12-13-15/h4,12-13H,2-3H2,1H3,(H2,10,17). The van der Waals surface area contributed by atoms with E-state index in [4.69, 9.17) is 10.5 Å². The molecule has 0 bridgehead atoms. The molecule has 2 amide bonds. The van der Waals surface area contributed by atoms with Crippen LogP contribution < -0.4 is 16.7 Å². The van der Waals surface area contributed by atoms with Gasteiger partial charge in [0.05, 0.1) is 6.61 Å². The number of esters is 1. The maximum Gasteiger partial charge on any atom is 0.347 e. The van der Waals surface area contributed by atoms with Crippen LogP contribution in [0.5, 0.6) is 0 Å². The fourth-order valence-electron chi connectivity index (χ4n) is 1.53. The Morgan fingerprint density at radius 2 is 2.26 bits per heavy atom. The normalized spacial score (nSPS) is 13.7. The minimum atomic E-state index is -0.769. The van der Waals surface area contributed by atoms with Gasteiger partial charge in [-0.15, -0.1) is 5.53 Å². The van der Waals surface area contributed by atoms with Gasteiger partial charge in [-0.1, -0.05) is 0 Å². The first kappa shape index (κ1) is 12.8. The van der Waals surface area contributed by atoms with Gasteiger partial charge in [-0.2, -0.15) is 0 Å². The smallest absolute Gasteiger partial charge is 0.347 e. The summed E-state index contributed by atoms with van der Waals surface area (Å²) >= 11 is 0. The van der Waals surface area contributed by atoms with E-state index in [1.807, 2.05) is 0 Å². The third-order valence-corrected chi connectivity index (χ3v) is 2.34. The van der Waals surface area contributed by atoms with Crippen molar-refractivity contribution in [2.24, 2.45) is 5.73 Å². The van der Waals surface area contributed by atoms with E-state index in [2.05, 4.69) is 15.9 Å². The average Bonchev–Trinajstić information content (AvgIpc) is 2.77. The van der Waals surface area contributed by atoms with Crippen molar-refractivity contribution in [1.29, 1.82) is 0 Å². The van der Waals surface area contributed by atoms with E-state index in [0.717, 1.165) is 15.9 Å². The summed E-state index contributed by atoms with van der Waals surface area (Å²) in [6.45, 7) is 1.59. The Morgan fingerprint density at radius 3 is 2.89 bits per heavy atom. The molecule has 0 spiro atoms. The summed E-state index contributed by atoms with van der Waals surface area (Å²) in [7, 11) is 0. The highest BCUT2D eigenvalue weighted by molar-refractivity contribution is 5.98. The fraction of sp³-hybridized carbons (Fsp3) is 0.333. The van der Waals surface area contributed by atoms with E-state index in [1.165, 1.54) is 0 Å². The lowest BCUT2D eigenvalue weighted by Gasteiger charge is -2.28. The topological polar surface area (TPSA) is 132 Å². The number of aromatic nitrogens is 2. The number of nitrogens with two attached hydrogens (primary N) is 1. The number of hydrogen-bond acceptors (Lipinski definition) is 7. The minimum Gasteiger partial charge on any atom is -0.465 e. The zero-order valence-corrected chi connectivity index (χ0v) is 10.0. The number of primary amides is 1. The molecule has 2 rings (SSSR count). The van der Waals surface area contributed by atoms with Crippen molar-refractivity contribution >= 4 is 23.7 Å². The summed E-state index contributed by atoms with van der Waals surface area (Å²) in [5.41, 5.74) is 10.1. The molecule has 4 N–H and O–H groups in total. The minimum absolute atomic E-state index is 0.0726. The van der Waals surface area contributed by atoms with E-state index in [9.17, 15) is 14.4 Å². The second kappa shape index (κ2) is 4.94. The van der Waals surface area contributed by atoms with Crippen LogP contribution in [0.3, 0.4) is 0 Å². The molecule has 1 aromatic heterocycles. The molecule has 0 aromatic carbocycles. The van der Waals surface area contributed by atoms with Gasteiger partial charge in [-0.3, -0.25) is 15.0 Å². The van der Waals surface area contributed by atoms with Gasteiger partial charge in [0.2, 0.25) is 0 Å². The van der Waals surface area contributed by atoms with Crippen LogP contribution in [0.1, 0.15) is 17.4 Å². The van der Waals surface area contributed by atoms with E-state index in [-0.39, 0.29) is 24.7 Å². The van der Waals surface area contributed by atoms with Crippen molar-refractivity contribution in [2.45, 2.75) is 6.92 Å². The lowest BCUT2D eigenvalue weighted by Crippen LogP contribution is -2.54. The molecule has 0 fully saturated rings. The largest absolute Gasteiger partial charge is 0.465 e. The molecule has 102 valence electrons. The van der Waals surface area contributed by atoms with Crippen LogP contribution in [0, 0.1) is 0 Å². The van der Waals surface area contributed by atoms with E-state index in [0.29, 0.717) is 0 Å². The van der Waals surface area contributed by atoms with Gasteiger partial charge in [-0.25, -0.2) is 19.4 Å². The third-order valence-electron chi connectivity index (χ3n) is 2.34. The number of hydrogen-bond donors (Lipinski definition) is 3. The number of nitrogens with zero attached hydrogens (tertiary/aromatic N) is 3. The molecule has 0 saturated heterocycles. The summed E-state index contributed by atoms with van der Waals surface area (Å²) in [6.07, 6.45) is 1.14. The molecule has 1 aliphatic heterocycles. The zero-order valence-electron chi connectivity index (χ0n) is 10.0. The van der Waals surface area contributed by atoms with Crippen molar-refractivity contribution in [1.82, 2.24) is 20.1 Å². The first-order chi connectivity index (χ1) is 9.04. The molecule has 2 heterocycles. The molecule has 0 unspecified atom stereocenters. The molecule has 0 radical (unpaired) electrons. The summed E-state index contributed by atoms with van der Waals surface area (Å²) in [5.74, 6) is -1.21. The number of amides is 2. The van der Waals surface area contributed by atoms with E-state index < -0.39 is 17.9 Å². The molecule has 1 aliphatic rings. The van der Waals surface area contributed by atoms with Gasteiger partial charge >= 0.3 is 12.0 Å². The number of carbonyl (C=O) groups is 3. The third kappa shape index (κ3) is 2.33. The molecule has 0 aliphatic carbocycles. The van der Waals surface area contributed by atoms with Crippen LogP contribution in [0.4, 0.5) is 10.6 Å². The second-order valence-corrected chi connectivity index (χ2v) is 3.59. The Morgan fingerprint density at radius 1 is 1.53 bits per heavy atom. The van der Waals surface area contributed by atoms with Crippen molar-refractivity contribution in [3.05, 3.63) is 12.0 Å². The van der Waals surface area contributed by atoms with Crippen LogP contribution in [0.15, 0.2) is 6.33 Å². The summed E-state index contributed by atoms with van der Waals surface area (Å²) < 4.78 is 5.79. The number of nitrogens with one attached hydrogen (secondary N) is 2. The highest BCUT2D eigenvalue weighted by Crippen LogP contribution is 2.17. The summed E-state index contributed by atoms with van der Waals surface area (Å²) in [4.78, 5) is 38.1. The van der Waals surface area contributed by atoms with Gasteiger partial charge in [0.15, 0.2) is 11.5 Å². The Balaban J connectivity index is 2.16. The van der Waals surface area contributed by atoms with Gasteiger partial charge in [0, 0.05) is 0 Å². The van der Waals surface area contributed by atoms with Crippen LogP contribution in [-0.4, -0.2) is 45.6 Å². The van der Waals surface area contributed by atoms with Crippen molar-refractivity contribution in [2.75, 3.05) is 18.6 Å². The number of anilines is 1. The number of fused-ring (bicyclic) bond motifs is 1. The summed E-state index contributed by atoms with van der Waals surface area (Å²) in [5, 5.41) is 0.984. The SMILES string of the molecule is CCOC(=O)CN1NNc2c(C(N)=O)ncn2C1=O. The first-order valence-electron chi connectivity index (χ1n) is 5.41. The van der Waals surface area contributed by atoms with Crippen LogP contribution in [-0.2, 0) is 9.53 Å². The molecule has 0 saturated carbocycles. The maximum absolute atomic E-state index is 12.0. The quantitative estimate of drug-likeness (QED) is 0.576. The highest BCUT2D eigenvalue weighted by Gasteiger charge is 2.29. The Kier molecular flexibility index (Phi) is 3.33. The lowest BCUT2D eigenvalue weighted by molar-refractivity contribution is -0.144. The Labute approximate surface area is 107 Å². The average molecular weight is 268 g/mol. The predicted molar refractivity (Wildman–Crippen MR) is 61.6 cm³/mol. The number of imidazole rings is 1. The van der Waals surface area contributed by atoms with Crippen LogP contribution in [0.2, 0.25) is 0 Å².